The maximum atomic E-state index is 14.0. The Morgan fingerprint density at radius 3 is 2.50 bits per heavy atom. The quantitative estimate of drug-likeness (QED) is 0.201. The molecule has 3 aromatic rings. The number of sulfonamides is 1. The third kappa shape index (κ3) is 8.68. The lowest BCUT2D eigenvalue weighted by Gasteiger charge is -2.31. The van der Waals surface area contributed by atoms with E-state index in [-0.39, 0.29) is 30.6 Å². The number of ether oxygens (including phenoxy) is 6. The molecular formula is C36H44N2O11S. The summed E-state index contributed by atoms with van der Waals surface area (Å²) in [6.45, 7) is 4.39. The van der Waals surface area contributed by atoms with Crippen molar-refractivity contribution < 1.29 is 51.6 Å². The van der Waals surface area contributed by atoms with Gasteiger partial charge in [0.25, 0.3) is 10.0 Å². The summed E-state index contributed by atoms with van der Waals surface area (Å²) < 4.78 is 62.4. The van der Waals surface area contributed by atoms with Gasteiger partial charge < -0.3 is 38.8 Å². The first-order valence-corrected chi connectivity index (χ1v) is 18.4. The molecule has 1 amide bonds. The Bertz CT molecular complexity index is 1670. The van der Waals surface area contributed by atoms with Crippen LogP contribution in [0.5, 0.6) is 17.2 Å². The topological polar surface area (TPSA) is 151 Å². The van der Waals surface area contributed by atoms with E-state index in [1.165, 1.54) is 18.2 Å². The van der Waals surface area contributed by atoms with E-state index >= 15 is 0 Å². The van der Waals surface area contributed by atoms with E-state index in [0.29, 0.717) is 49.7 Å². The minimum absolute atomic E-state index is 0.0174. The molecule has 0 unspecified atom stereocenters. The Hall–Kier alpha value is -3.92. The highest BCUT2D eigenvalue weighted by Gasteiger charge is 2.44. The van der Waals surface area contributed by atoms with Crippen molar-refractivity contribution in [3.05, 3.63) is 83.9 Å². The Kier molecular flexibility index (Phi) is 11.8. The summed E-state index contributed by atoms with van der Waals surface area (Å²) in [7, 11) is -4.31. The SMILES string of the molecule is CCC(CC)ON(C[C@@H](O)[C@H](Cc1ccc(OCc2ccccc2)cc1)NC(=O)O[C@H]1CO[C@H]2OCC[C@H]21)S(=O)(=O)c1ccc2c(c1)OCO2. The van der Waals surface area contributed by atoms with E-state index < -0.39 is 53.3 Å². The predicted molar refractivity (Wildman–Crippen MR) is 180 cm³/mol. The van der Waals surface area contributed by atoms with Crippen LogP contribution in [0.2, 0.25) is 0 Å². The average Bonchev–Trinajstić information content (AvgIpc) is 3.89. The Labute approximate surface area is 292 Å². The molecule has 3 heterocycles. The molecule has 270 valence electrons. The van der Waals surface area contributed by atoms with Crippen molar-refractivity contribution in [1.29, 1.82) is 0 Å². The fourth-order valence-electron chi connectivity index (χ4n) is 6.11. The van der Waals surface area contributed by atoms with Crippen LogP contribution in [0, 0.1) is 5.92 Å². The van der Waals surface area contributed by atoms with Gasteiger partial charge in [0.05, 0.1) is 48.8 Å². The van der Waals surface area contributed by atoms with Crippen molar-refractivity contribution in [3.63, 3.8) is 0 Å². The van der Waals surface area contributed by atoms with E-state index in [2.05, 4.69) is 5.32 Å². The van der Waals surface area contributed by atoms with Gasteiger partial charge in [-0.05, 0) is 61.1 Å². The summed E-state index contributed by atoms with van der Waals surface area (Å²) >= 11 is 0. The van der Waals surface area contributed by atoms with Crippen LogP contribution in [0.15, 0.2) is 77.7 Å². The van der Waals surface area contributed by atoms with Crippen LogP contribution in [0.4, 0.5) is 4.79 Å². The summed E-state index contributed by atoms with van der Waals surface area (Å²) in [6.07, 6.45) is -1.64. The molecule has 0 radical (unpaired) electrons. The zero-order chi connectivity index (χ0) is 35.1. The molecule has 2 saturated heterocycles. The molecule has 3 aliphatic rings. The highest BCUT2D eigenvalue weighted by Crippen LogP contribution is 2.35. The smallest absolute Gasteiger partial charge is 0.407 e. The number of hydrogen-bond acceptors (Lipinski definition) is 11. The van der Waals surface area contributed by atoms with Crippen LogP contribution in [0.25, 0.3) is 0 Å². The Balaban J connectivity index is 1.20. The number of alkyl carbamates (subject to hydrolysis) is 1. The first-order valence-electron chi connectivity index (χ1n) is 17.0. The van der Waals surface area contributed by atoms with Crippen molar-refractivity contribution in [3.8, 4) is 17.2 Å². The number of nitrogens with zero attached hydrogens (tertiary/aromatic N) is 1. The maximum Gasteiger partial charge on any atom is 0.407 e. The summed E-state index contributed by atoms with van der Waals surface area (Å²) in [4.78, 5) is 19.2. The molecule has 0 bridgehead atoms. The molecule has 50 heavy (non-hydrogen) atoms. The average molecular weight is 713 g/mol. The van der Waals surface area contributed by atoms with Gasteiger partial charge in [-0.2, -0.15) is 0 Å². The van der Waals surface area contributed by atoms with Crippen LogP contribution in [-0.2, 0) is 42.1 Å². The van der Waals surface area contributed by atoms with Gasteiger partial charge in [0.15, 0.2) is 17.8 Å². The van der Waals surface area contributed by atoms with Gasteiger partial charge in [0, 0.05) is 6.07 Å². The molecule has 14 heteroatoms. The first-order chi connectivity index (χ1) is 24.2. The number of aliphatic hydroxyl groups excluding tert-OH is 1. The zero-order valence-electron chi connectivity index (χ0n) is 28.1. The number of nitrogens with one attached hydrogen (secondary N) is 1. The number of hydroxylamine groups is 1. The molecule has 0 aromatic heterocycles. The van der Waals surface area contributed by atoms with E-state index in [1.54, 1.807) is 0 Å². The number of carbonyl (C=O) groups is 1. The predicted octanol–water partition coefficient (Wildman–Crippen LogP) is 4.57. The second-order valence-electron chi connectivity index (χ2n) is 12.5. The summed E-state index contributed by atoms with van der Waals surface area (Å²) in [5.41, 5.74) is 1.79. The molecule has 6 rings (SSSR count). The van der Waals surface area contributed by atoms with Crippen molar-refractivity contribution >= 4 is 16.1 Å². The normalized spacial score (nSPS) is 20.9. The van der Waals surface area contributed by atoms with Gasteiger partial charge in [0.1, 0.15) is 18.5 Å². The van der Waals surface area contributed by atoms with E-state index in [9.17, 15) is 18.3 Å². The molecule has 3 aromatic carbocycles. The van der Waals surface area contributed by atoms with Gasteiger partial charge in [-0.3, -0.25) is 4.84 Å². The van der Waals surface area contributed by atoms with Gasteiger partial charge in [-0.15, -0.1) is 0 Å². The number of aliphatic hydroxyl groups is 1. The summed E-state index contributed by atoms with van der Waals surface area (Å²) in [5, 5.41) is 14.5. The van der Waals surface area contributed by atoms with Crippen molar-refractivity contribution in [2.45, 2.75) is 81.7 Å². The van der Waals surface area contributed by atoms with Gasteiger partial charge in [-0.25, -0.2) is 13.2 Å². The van der Waals surface area contributed by atoms with Crippen LogP contribution >= 0.6 is 0 Å². The van der Waals surface area contributed by atoms with E-state index in [0.717, 1.165) is 15.6 Å². The number of amides is 1. The fraction of sp³-hybridized carbons (Fsp3) is 0.472. The summed E-state index contributed by atoms with van der Waals surface area (Å²) in [5.74, 6) is 1.29. The minimum atomic E-state index is -4.31. The standard InChI is InChI=1S/C36H44N2O11S/c1-3-26(4-2)49-38(50(41,42)28-14-15-32-33(19-28)47-23-46-32)20-31(39)30(37-36(40)48-34-22-45-35-29(34)16-17-43-35)18-24-10-12-27(13-11-24)44-21-25-8-6-5-7-9-25/h5-15,19,26,29-31,34-35,39H,3-4,16-18,20-23H2,1-2H3,(H,37,40)/t29-,30-,31+,34-,35+/m0/s1. The molecule has 3 aliphatic heterocycles. The number of benzene rings is 3. The third-order valence-electron chi connectivity index (χ3n) is 9.06. The fourth-order valence-corrected chi connectivity index (χ4v) is 7.42. The molecule has 2 fully saturated rings. The second kappa shape index (κ2) is 16.4. The largest absolute Gasteiger partial charge is 0.489 e. The van der Waals surface area contributed by atoms with Crippen LogP contribution in [-0.4, -0.2) is 81.3 Å². The maximum absolute atomic E-state index is 14.0. The van der Waals surface area contributed by atoms with Crippen LogP contribution in [0.1, 0.15) is 44.2 Å². The van der Waals surface area contributed by atoms with Gasteiger partial charge in [0.2, 0.25) is 6.79 Å². The van der Waals surface area contributed by atoms with Crippen molar-refractivity contribution in [2.75, 3.05) is 26.6 Å². The lowest BCUT2D eigenvalue weighted by molar-refractivity contribution is -0.149. The zero-order valence-corrected chi connectivity index (χ0v) is 29.0. The van der Waals surface area contributed by atoms with E-state index in [1.807, 2.05) is 68.4 Å². The molecule has 0 spiro atoms. The van der Waals surface area contributed by atoms with Crippen LogP contribution < -0.4 is 19.5 Å². The lowest BCUT2D eigenvalue weighted by atomic mass is 10.0. The molecule has 2 N–H and O–H groups in total. The summed E-state index contributed by atoms with van der Waals surface area (Å²) in [6, 6.07) is 20.4. The van der Waals surface area contributed by atoms with Gasteiger partial charge in [-0.1, -0.05) is 60.8 Å². The number of fused-ring (bicyclic) bond motifs is 2. The van der Waals surface area contributed by atoms with Crippen LogP contribution in [0.3, 0.4) is 0 Å². The molecule has 0 saturated carbocycles. The van der Waals surface area contributed by atoms with Crippen molar-refractivity contribution in [2.24, 2.45) is 5.92 Å². The first kappa shape index (κ1) is 35.9. The third-order valence-corrected chi connectivity index (χ3v) is 10.7. The molecule has 5 atom stereocenters. The van der Waals surface area contributed by atoms with E-state index in [4.69, 9.17) is 33.3 Å². The minimum Gasteiger partial charge on any atom is -0.489 e. The highest BCUT2D eigenvalue weighted by atomic mass is 32.2. The molecule has 13 nitrogen and oxygen atoms in total. The van der Waals surface area contributed by atoms with Gasteiger partial charge >= 0.3 is 6.09 Å². The number of rotatable bonds is 16. The lowest BCUT2D eigenvalue weighted by Crippen LogP contribution is -2.51. The highest BCUT2D eigenvalue weighted by molar-refractivity contribution is 7.89. The Morgan fingerprint density at radius 1 is 0.980 bits per heavy atom. The number of carbonyl (C=O) groups excluding carboxylic acids is 1. The monoisotopic (exact) mass is 712 g/mol. The Morgan fingerprint density at radius 2 is 1.74 bits per heavy atom. The molecule has 0 aliphatic carbocycles. The second-order valence-corrected chi connectivity index (χ2v) is 14.3. The molecular weight excluding hydrogens is 668 g/mol. The van der Waals surface area contributed by atoms with Crippen molar-refractivity contribution in [1.82, 2.24) is 9.79 Å². The number of hydrogen-bond donors (Lipinski definition) is 2.